The molecule has 84 valence electrons. The molecule has 0 amide bonds. The lowest BCUT2D eigenvalue weighted by atomic mass is 10.2. The summed E-state index contributed by atoms with van der Waals surface area (Å²) in [7, 11) is 0. The Balaban J connectivity index is 0.000000265. The topological polar surface area (TPSA) is 39.2 Å². The maximum Gasteiger partial charge on any atom is 0.293 e. The Labute approximate surface area is 99.4 Å². The molecule has 0 saturated heterocycles. The van der Waals surface area contributed by atoms with Crippen LogP contribution in [0.4, 0.5) is 0 Å². The predicted octanol–water partition coefficient (Wildman–Crippen LogP) is 3.35. The van der Waals surface area contributed by atoms with E-state index in [0.29, 0.717) is 16.8 Å². The van der Waals surface area contributed by atoms with Gasteiger partial charge in [-0.3, -0.25) is 4.79 Å². The first-order chi connectivity index (χ1) is 6.85. The summed E-state index contributed by atoms with van der Waals surface area (Å²) < 4.78 is 4.55. The van der Waals surface area contributed by atoms with Crippen LogP contribution < -0.4 is 0 Å². The number of ether oxygens (including phenoxy) is 1. The van der Waals surface area contributed by atoms with Gasteiger partial charge < -0.3 is 4.74 Å². The van der Waals surface area contributed by atoms with Crippen LogP contribution in [-0.4, -0.2) is 17.1 Å². The van der Waals surface area contributed by atoms with Crippen molar-refractivity contribution in [3.8, 4) is 0 Å². The van der Waals surface area contributed by atoms with E-state index in [9.17, 15) is 4.79 Å². The van der Waals surface area contributed by atoms with Crippen molar-refractivity contribution in [2.75, 3.05) is 0 Å². The monoisotopic (exact) mass is 249 g/mol. The average molecular weight is 250 g/mol. The SMILES string of the molecule is CC(C)(C)OC=O.Clc1cccc(Cl)n1. The Morgan fingerprint density at radius 3 is 1.87 bits per heavy atom. The van der Waals surface area contributed by atoms with Gasteiger partial charge in [-0.2, -0.15) is 0 Å². The van der Waals surface area contributed by atoms with Crippen molar-refractivity contribution >= 4 is 29.7 Å². The van der Waals surface area contributed by atoms with Crippen LogP contribution in [0.25, 0.3) is 0 Å². The highest BCUT2D eigenvalue weighted by Gasteiger charge is 2.07. The second kappa shape index (κ2) is 6.64. The van der Waals surface area contributed by atoms with E-state index in [0.717, 1.165) is 0 Å². The molecule has 1 aromatic heterocycles. The van der Waals surface area contributed by atoms with Gasteiger partial charge in [-0.15, -0.1) is 0 Å². The average Bonchev–Trinajstić information content (AvgIpc) is 2.01. The Bertz CT molecular complexity index is 293. The zero-order valence-corrected chi connectivity index (χ0v) is 10.3. The van der Waals surface area contributed by atoms with Gasteiger partial charge in [-0.1, -0.05) is 29.3 Å². The molecule has 0 N–H and O–H groups in total. The van der Waals surface area contributed by atoms with E-state index >= 15 is 0 Å². The van der Waals surface area contributed by atoms with Crippen molar-refractivity contribution in [1.29, 1.82) is 0 Å². The molecule has 0 spiro atoms. The van der Waals surface area contributed by atoms with Crippen LogP contribution in [0.15, 0.2) is 18.2 Å². The van der Waals surface area contributed by atoms with E-state index in [1.807, 2.05) is 20.8 Å². The highest BCUT2D eigenvalue weighted by Crippen LogP contribution is 2.08. The molecule has 0 aliphatic carbocycles. The Hall–Kier alpha value is -0.800. The van der Waals surface area contributed by atoms with Gasteiger partial charge in [0.25, 0.3) is 6.47 Å². The second-order valence-electron chi connectivity index (χ2n) is 3.61. The van der Waals surface area contributed by atoms with Crippen molar-refractivity contribution < 1.29 is 9.53 Å². The normalized spacial score (nSPS) is 9.93. The minimum absolute atomic E-state index is 0.318. The number of nitrogens with zero attached hydrogens (tertiary/aromatic N) is 1. The van der Waals surface area contributed by atoms with E-state index < -0.39 is 0 Å². The van der Waals surface area contributed by atoms with Crippen molar-refractivity contribution in [3.63, 3.8) is 0 Å². The summed E-state index contributed by atoms with van der Waals surface area (Å²) in [6, 6.07) is 5.10. The Morgan fingerprint density at radius 2 is 1.73 bits per heavy atom. The summed E-state index contributed by atoms with van der Waals surface area (Å²) >= 11 is 10.9. The largest absolute Gasteiger partial charge is 0.462 e. The molecule has 15 heavy (non-hydrogen) atoms. The van der Waals surface area contributed by atoms with Gasteiger partial charge in [0.15, 0.2) is 0 Å². The van der Waals surface area contributed by atoms with Crippen molar-refractivity contribution in [2.24, 2.45) is 0 Å². The molecule has 0 fully saturated rings. The van der Waals surface area contributed by atoms with Gasteiger partial charge in [0.2, 0.25) is 0 Å². The molecule has 0 atom stereocenters. The van der Waals surface area contributed by atoms with Crippen molar-refractivity contribution in [2.45, 2.75) is 26.4 Å². The fourth-order valence-electron chi connectivity index (χ4n) is 0.528. The minimum atomic E-state index is -0.318. The number of hydrogen-bond donors (Lipinski definition) is 0. The van der Waals surface area contributed by atoms with Gasteiger partial charge >= 0.3 is 0 Å². The van der Waals surface area contributed by atoms with Crippen molar-refractivity contribution in [3.05, 3.63) is 28.5 Å². The molecule has 0 aliphatic heterocycles. The number of halogens is 2. The zero-order valence-electron chi connectivity index (χ0n) is 8.83. The zero-order chi connectivity index (χ0) is 11.9. The first-order valence-electron chi connectivity index (χ1n) is 4.24. The number of carbonyl (C=O) groups excluding carboxylic acids is 1. The van der Waals surface area contributed by atoms with Gasteiger partial charge in [0.05, 0.1) is 0 Å². The third-order valence-corrected chi connectivity index (χ3v) is 1.50. The first-order valence-corrected chi connectivity index (χ1v) is 5.00. The smallest absolute Gasteiger partial charge is 0.293 e. The standard InChI is InChI=1S/C5H3Cl2N.C5H10O2/c6-4-2-1-3-5(7)8-4;1-5(2,3)7-4-6/h1-3H;4H,1-3H3. The summed E-state index contributed by atoms with van der Waals surface area (Å²) in [5, 5.41) is 0.856. The number of pyridine rings is 1. The van der Waals surface area contributed by atoms with Gasteiger partial charge in [0.1, 0.15) is 15.9 Å². The Morgan fingerprint density at radius 1 is 1.27 bits per heavy atom. The lowest BCUT2D eigenvalue weighted by Gasteiger charge is -2.14. The van der Waals surface area contributed by atoms with E-state index in [2.05, 4.69) is 9.72 Å². The molecule has 3 nitrogen and oxygen atoms in total. The summed E-state index contributed by atoms with van der Waals surface area (Å²) in [6.45, 7) is 5.92. The third-order valence-electron chi connectivity index (χ3n) is 1.08. The van der Waals surface area contributed by atoms with Gasteiger partial charge in [-0.05, 0) is 32.9 Å². The third kappa shape index (κ3) is 9.50. The van der Waals surface area contributed by atoms with Crippen LogP contribution in [0.5, 0.6) is 0 Å². The van der Waals surface area contributed by atoms with Gasteiger partial charge in [-0.25, -0.2) is 4.98 Å². The molecular weight excluding hydrogens is 237 g/mol. The maximum atomic E-state index is 9.60. The summed E-state index contributed by atoms with van der Waals surface area (Å²) in [5.41, 5.74) is -0.318. The molecule has 1 aromatic rings. The molecule has 1 heterocycles. The second-order valence-corrected chi connectivity index (χ2v) is 4.38. The molecule has 1 rings (SSSR count). The highest BCUT2D eigenvalue weighted by molar-refractivity contribution is 6.32. The molecule has 0 aliphatic rings. The summed E-state index contributed by atoms with van der Waals surface area (Å²) in [6.07, 6.45) is 0. The lowest BCUT2D eigenvalue weighted by Crippen LogP contribution is -2.17. The molecule has 0 bridgehead atoms. The number of hydrogen-bond acceptors (Lipinski definition) is 3. The molecule has 0 saturated carbocycles. The molecule has 0 aromatic carbocycles. The summed E-state index contributed by atoms with van der Waals surface area (Å²) in [5.74, 6) is 0. The van der Waals surface area contributed by atoms with Crippen LogP contribution in [0.1, 0.15) is 20.8 Å². The van der Waals surface area contributed by atoms with E-state index in [1.165, 1.54) is 0 Å². The molecule has 0 unspecified atom stereocenters. The first kappa shape index (κ1) is 14.2. The van der Waals surface area contributed by atoms with E-state index in [-0.39, 0.29) is 5.60 Å². The van der Waals surface area contributed by atoms with E-state index in [1.54, 1.807) is 18.2 Å². The van der Waals surface area contributed by atoms with Gasteiger partial charge in [0, 0.05) is 0 Å². The fraction of sp³-hybridized carbons (Fsp3) is 0.400. The van der Waals surface area contributed by atoms with Crippen LogP contribution in [0.3, 0.4) is 0 Å². The lowest BCUT2D eigenvalue weighted by molar-refractivity contribution is -0.138. The molecule has 0 radical (unpaired) electrons. The van der Waals surface area contributed by atoms with Crippen LogP contribution >= 0.6 is 23.2 Å². The quantitative estimate of drug-likeness (QED) is 0.566. The van der Waals surface area contributed by atoms with Crippen molar-refractivity contribution in [1.82, 2.24) is 4.98 Å². The van der Waals surface area contributed by atoms with E-state index in [4.69, 9.17) is 23.2 Å². The molecule has 5 heteroatoms. The summed E-state index contributed by atoms with van der Waals surface area (Å²) in [4.78, 5) is 13.3. The van der Waals surface area contributed by atoms with Crippen LogP contribution in [0.2, 0.25) is 10.3 Å². The number of rotatable bonds is 1. The maximum absolute atomic E-state index is 9.60. The Kier molecular flexibility index (Phi) is 6.29. The predicted molar refractivity (Wildman–Crippen MR) is 61.2 cm³/mol. The number of aromatic nitrogens is 1. The molecular formula is C10H13Cl2NO2. The van der Waals surface area contributed by atoms with Crippen LogP contribution in [0, 0.1) is 0 Å². The number of carbonyl (C=O) groups is 1. The highest BCUT2D eigenvalue weighted by atomic mass is 35.5. The van der Waals surface area contributed by atoms with Crippen LogP contribution in [-0.2, 0) is 9.53 Å². The fourth-order valence-corrected chi connectivity index (χ4v) is 0.899. The minimum Gasteiger partial charge on any atom is -0.462 e.